The molecule has 2 heterocycles. The van der Waals surface area contributed by atoms with E-state index in [4.69, 9.17) is 0 Å². The zero-order valence-electron chi connectivity index (χ0n) is 17.6. The highest BCUT2D eigenvalue weighted by Crippen LogP contribution is 2.44. The van der Waals surface area contributed by atoms with Crippen molar-refractivity contribution in [2.45, 2.75) is 64.2 Å². The van der Waals surface area contributed by atoms with Gasteiger partial charge in [-0.15, -0.1) is 11.8 Å². The maximum absolute atomic E-state index is 13.2. The number of amides is 2. The molecule has 0 aromatic heterocycles. The van der Waals surface area contributed by atoms with Gasteiger partial charge in [0, 0.05) is 36.9 Å². The Morgan fingerprint density at radius 1 is 1.18 bits per heavy atom. The number of aryl methyl sites for hydroxylation is 1. The fraction of sp³-hybridized carbons (Fsp3) is 0.652. The molecule has 4 nitrogen and oxygen atoms in total. The third kappa shape index (κ3) is 4.40. The molecule has 0 bridgehead atoms. The number of benzene rings is 1. The molecule has 3 rings (SSSR count). The topological polar surface area (TPSA) is 40.6 Å². The van der Waals surface area contributed by atoms with Gasteiger partial charge in [0.05, 0.1) is 4.87 Å². The Morgan fingerprint density at radius 3 is 2.57 bits per heavy atom. The van der Waals surface area contributed by atoms with Crippen molar-refractivity contribution < 1.29 is 9.59 Å². The van der Waals surface area contributed by atoms with Crippen molar-refractivity contribution in [2.24, 2.45) is 5.92 Å². The fourth-order valence-corrected chi connectivity index (χ4v) is 5.99. The van der Waals surface area contributed by atoms with Gasteiger partial charge in [0.25, 0.3) is 5.91 Å². The molecular formula is C23H34N2O2S. The van der Waals surface area contributed by atoms with Crippen LogP contribution in [0.15, 0.2) is 24.3 Å². The molecule has 0 unspecified atom stereocenters. The lowest BCUT2D eigenvalue weighted by Crippen LogP contribution is -2.54. The van der Waals surface area contributed by atoms with Crippen LogP contribution in [0, 0.1) is 12.8 Å². The molecule has 0 saturated carbocycles. The lowest BCUT2D eigenvalue weighted by atomic mass is 9.95. The summed E-state index contributed by atoms with van der Waals surface area (Å²) in [5.74, 6) is 1.61. The van der Waals surface area contributed by atoms with Gasteiger partial charge < -0.3 is 9.80 Å². The average molecular weight is 403 g/mol. The largest absolute Gasteiger partial charge is 0.342 e. The van der Waals surface area contributed by atoms with Gasteiger partial charge in [-0.2, -0.15) is 0 Å². The minimum Gasteiger partial charge on any atom is -0.342 e. The van der Waals surface area contributed by atoms with Crippen molar-refractivity contribution in [1.29, 1.82) is 0 Å². The summed E-state index contributed by atoms with van der Waals surface area (Å²) in [5.41, 5.74) is 1.90. The Bertz CT molecular complexity index is 698. The van der Waals surface area contributed by atoms with Gasteiger partial charge in [-0.1, -0.05) is 44.4 Å². The van der Waals surface area contributed by atoms with Crippen LogP contribution in [-0.4, -0.2) is 51.9 Å². The molecule has 154 valence electrons. The third-order valence-corrected chi connectivity index (χ3v) is 7.84. The van der Waals surface area contributed by atoms with Crippen LogP contribution in [0.4, 0.5) is 0 Å². The first-order valence-corrected chi connectivity index (χ1v) is 11.8. The van der Waals surface area contributed by atoms with E-state index in [1.54, 1.807) is 0 Å². The summed E-state index contributed by atoms with van der Waals surface area (Å²) in [6.07, 6.45) is 5.94. The monoisotopic (exact) mass is 402 g/mol. The smallest absolute Gasteiger partial charge is 0.255 e. The number of carbonyl (C=O) groups is 2. The summed E-state index contributed by atoms with van der Waals surface area (Å²) in [5, 5.41) is 0. The SMILES string of the molecule is CCCC[C@H](CC)C(=O)N1CCC2(CC1)SCCN2C(=O)c1cccc(C)c1. The van der Waals surface area contributed by atoms with E-state index in [9.17, 15) is 9.59 Å². The summed E-state index contributed by atoms with van der Waals surface area (Å²) in [6.45, 7) is 8.67. The Morgan fingerprint density at radius 2 is 1.93 bits per heavy atom. The first kappa shape index (κ1) is 21.2. The van der Waals surface area contributed by atoms with Crippen molar-refractivity contribution in [2.75, 3.05) is 25.4 Å². The second kappa shape index (κ2) is 9.34. The van der Waals surface area contributed by atoms with E-state index >= 15 is 0 Å². The number of carbonyl (C=O) groups excluding carboxylic acids is 2. The molecule has 0 aliphatic carbocycles. The van der Waals surface area contributed by atoms with E-state index in [1.165, 1.54) is 0 Å². The van der Waals surface area contributed by atoms with E-state index in [0.29, 0.717) is 5.91 Å². The summed E-state index contributed by atoms with van der Waals surface area (Å²) >= 11 is 1.91. The second-order valence-electron chi connectivity index (χ2n) is 8.19. The van der Waals surface area contributed by atoms with E-state index < -0.39 is 0 Å². The Kier molecular flexibility index (Phi) is 7.08. The maximum Gasteiger partial charge on any atom is 0.255 e. The molecular weight excluding hydrogens is 368 g/mol. The van der Waals surface area contributed by atoms with Crippen LogP contribution in [0.5, 0.6) is 0 Å². The Labute approximate surface area is 174 Å². The highest BCUT2D eigenvalue weighted by atomic mass is 32.2. The lowest BCUT2D eigenvalue weighted by molar-refractivity contribution is -0.137. The van der Waals surface area contributed by atoms with Crippen molar-refractivity contribution in [3.63, 3.8) is 0 Å². The van der Waals surface area contributed by atoms with Gasteiger partial charge in [-0.25, -0.2) is 0 Å². The molecule has 2 amide bonds. The normalized spacial score (nSPS) is 19.8. The van der Waals surface area contributed by atoms with Crippen LogP contribution < -0.4 is 0 Å². The summed E-state index contributed by atoms with van der Waals surface area (Å²) in [6, 6.07) is 7.89. The molecule has 1 atom stereocenters. The fourth-order valence-electron chi connectivity index (χ4n) is 4.53. The van der Waals surface area contributed by atoms with Crippen molar-refractivity contribution in [3.05, 3.63) is 35.4 Å². The number of thioether (sulfide) groups is 1. The second-order valence-corrected chi connectivity index (χ2v) is 9.65. The number of hydrogen-bond acceptors (Lipinski definition) is 3. The van der Waals surface area contributed by atoms with Crippen LogP contribution in [0.2, 0.25) is 0 Å². The van der Waals surface area contributed by atoms with Crippen LogP contribution in [0.3, 0.4) is 0 Å². The van der Waals surface area contributed by atoms with E-state index in [1.807, 2.05) is 43.0 Å². The number of piperidine rings is 1. The lowest BCUT2D eigenvalue weighted by Gasteiger charge is -2.44. The molecule has 2 aliphatic rings. The molecule has 2 saturated heterocycles. The van der Waals surface area contributed by atoms with Gasteiger partial charge >= 0.3 is 0 Å². The van der Waals surface area contributed by atoms with Gasteiger partial charge in [-0.3, -0.25) is 9.59 Å². The molecule has 1 aromatic carbocycles. The first-order valence-electron chi connectivity index (χ1n) is 10.8. The standard InChI is InChI=1S/C23H34N2O2S/c1-4-6-9-19(5-2)21(26)24-13-11-23(12-14-24)25(15-16-28-23)22(27)20-10-7-8-18(3)17-20/h7-8,10,17,19H,4-6,9,11-16H2,1-3H3/t19-/m0/s1. The molecule has 0 N–H and O–H groups in total. The van der Waals surface area contributed by atoms with E-state index in [2.05, 4.69) is 23.6 Å². The molecule has 28 heavy (non-hydrogen) atoms. The molecule has 2 aliphatic heterocycles. The predicted octanol–water partition coefficient (Wildman–Crippen LogP) is 4.72. The van der Waals surface area contributed by atoms with Gasteiger partial charge in [-0.05, 0) is 44.7 Å². The van der Waals surface area contributed by atoms with Gasteiger partial charge in [0.1, 0.15) is 0 Å². The number of likely N-dealkylation sites (tertiary alicyclic amines) is 1. The van der Waals surface area contributed by atoms with Crippen molar-refractivity contribution >= 4 is 23.6 Å². The first-order chi connectivity index (χ1) is 13.5. The van der Waals surface area contributed by atoms with E-state index in [-0.39, 0.29) is 16.7 Å². The van der Waals surface area contributed by atoms with Crippen LogP contribution in [0.1, 0.15) is 68.3 Å². The van der Waals surface area contributed by atoms with Crippen molar-refractivity contribution in [1.82, 2.24) is 9.80 Å². The van der Waals surface area contributed by atoms with Crippen LogP contribution in [0.25, 0.3) is 0 Å². The highest BCUT2D eigenvalue weighted by molar-refractivity contribution is 8.00. The number of unbranched alkanes of at least 4 members (excludes halogenated alkanes) is 1. The average Bonchev–Trinajstić information content (AvgIpc) is 3.11. The van der Waals surface area contributed by atoms with Crippen molar-refractivity contribution in [3.8, 4) is 0 Å². The molecule has 1 spiro atoms. The van der Waals surface area contributed by atoms with Crippen LogP contribution in [-0.2, 0) is 4.79 Å². The van der Waals surface area contributed by atoms with Gasteiger partial charge in [0.15, 0.2) is 0 Å². The Balaban J connectivity index is 1.66. The van der Waals surface area contributed by atoms with Crippen LogP contribution >= 0.6 is 11.8 Å². The third-order valence-electron chi connectivity index (χ3n) is 6.29. The molecule has 1 aromatic rings. The molecule has 2 fully saturated rings. The molecule has 0 radical (unpaired) electrons. The minimum atomic E-state index is -0.136. The maximum atomic E-state index is 13.2. The zero-order valence-corrected chi connectivity index (χ0v) is 18.4. The predicted molar refractivity (Wildman–Crippen MR) is 117 cm³/mol. The van der Waals surface area contributed by atoms with E-state index in [0.717, 1.165) is 75.0 Å². The summed E-state index contributed by atoms with van der Waals surface area (Å²) < 4.78 is 0. The number of nitrogens with zero attached hydrogens (tertiary/aromatic N) is 2. The summed E-state index contributed by atoms with van der Waals surface area (Å²) in [7, 11) is 0. The number of hydrogen-bond donors (Lipinski definition) is 0. The molecule has 5 heteroatoms. The quantitative estimate of drug-likeness (QED) is 0.691. The summed E-state index contributed by atoms with van der Waals surface area (Å²) in [4.78, 5) is 30.2. The Hall–Kier alpha value is -1.49. The highest BCUT2D eigenvalue weighted by Gasteiger charge is 2.47. The number of rotatable bonds is 6. The zero-order chi connectivity index (χ0) is 20.1. The minimum absolute atomic E-state index is 0.136. The van der Waals surface area contributed by atoms with Gasteiger partial charge in [0.2, 0.25) is 5.91 Å².